The summed E-state index contributed by atoms with van der Waals surface area (Å²) in [5.74, 6) is 1.89. The number of aromatic nitrogens is 1. The van der Waals surface area contributed by atoms with Crippen LogP contribution in [0.1, 0.15) is 32.9 Å². The van der Waals surface area contributed by atoms with Crippen molar-refractivity contribution in [3.05, 3.63) is 36.0 Å². The summed E-state index contributed by atoms with van der Waals surface area (Å²) in [6, 6.07) is 6.22. The molecule has 1 aliphatic heterocycles. The van der Waals surface area contributed by atoms with Crippen LogP contribution >= 0.6 is 0 Å². The highest BCUT2D eigenvalue weighted by Crippen LogP contribution is 2.12. The monoisotopic (exact) mass is 289 g/mol. The molecule has 1 atom stereocenters. The minimum Gasteiger partial charge on any atom is -0.354 e. The highest BCUT2D eigenvalue weighted by atomic mass is 15.3. The van der Waals surface area contributed by atoms with Gasteiger partial charge in [-0.15, -0.1) is 0 Å². The fraction of sp³-hybridized carbons (Fsp3) is 0.611. The molecule has 21 heavy (non-hydrogen) atoms. The molecule has 0 aromatic carbocycles. The van der Waals surface area contributed by atoms with Crippen LogP contribution in [0.3, 0.4) is 0 Å². The number of hydrogen-bond donors (Lipinski definition) is 0. The third kappa shape index (κ3) is 6.76. The predicted octanol–water partition coefficient (Wildman–Crippen LogP) is 3.75. The van der Waals surface area contributed by atoms with Crippen LogP contribution in [0.25, 0.3) is 0 Å². The number of pyridine rings is 1. The lowest BCUT2D eigenvalue weighted by molar-refractivity contribution is 0.312. The van der Waals surface area contributed by atoms with Gasteiger partial charge < -0.3 is 9.80 Å². The van der Waals surface area contributed by atoms with E-state index in [1.165, 1.54) is 6.42 Å². The third-order valence-corrected chi connectivity index (χ3v) is 3.87. The maximum atomic E-state index is 4.53. The summed E-state index contributed by atoms with van der Waals surface area (Å²) in [6.07, 6.45) is 5.58. The van der Waals surface area contributed by atoms with Crippen molar-refractivity contribution in [1.82, 2.24) is 9.88 Å². The minimum atomic E-state index is 0.769. The molecule has 0 radical (unpaired) electrons. The Morgan fingerprint density at radius 2 is 1.90 bits per heavy atom. The van der Waals surface area contributed by atoms with Gasteiger partial charge in [0.25, 0.3) is 0 Å². The van der Waals surface area contributed by atoms with Crippen LogP contribution in [0.5, 0.6) is 0 Å². The maximum absolute atomic E-state index is 4.53. The number of anilines is 1. The van der Waals surface area contributed by atoms with Gasteiger partial charge in [-0.05, 0) is 38.9 Å². The lowest BCUT2D eigenvalue weighted by Gasteiger charge is -2.33. The Hall–Kier alpha value is -1.35. The first-order chi connectivity index (χ1) is 10.1. The van der Waals surface area contributed by atoms with Crippen molar-refractivity contribution in [3.63, 3.8) is 0 Å². The molecular formula is C18H31N3. The Kier molecular flexibility index (Phi) is 8.06. The average molecular weight is 289 g/mol. The van der Waals surface area contributed by atoms with E-state index in [0.29, 0.717) is 0 Å². The van der Waals surface area contributed by atoms with Gasteiger partial charge in [-0.2, -0.15) is 0 Å². The molecule has 0 amide bonds. The Morgan fingerprint density at radius 3 is 2.38 bits per heavy atom. The zero-order valence-electron chi connectivity index (χ0n) is 14.3. The van der Waals surface area contributed by atoms with Crippen LogP contribution in [0.4, 0.5) is 5.82 Å². The Morgan fingerprint density at radius 1 is 1.24 bits per heavy atom. The summed E-state index contributed by atoms with van der Waals surface area (Å²) in [6.45, 7) is 13.0. The van der Waals surface area contributed by atoms with Gasteiger partial charge in [0.05, 0.1) is 0 Å². The summed E-state index contributed by atoms with van der Waals surface area (Å²) in [5, 5.41) is 0. The molecule has 2 heterocycles. The Bertz CT molecular complexity index is 420. The molecular weight excluding hydrogens is 258 g/mol. The van der Waals surface area contributed by atoms with Gasteiger partial charge >= 0.3 is 0 Å². The summed E-state index contributed by atoms with van der Waals surface area (Å²) in [4.78, 5) is 9.24. The van der Waals surface area contributed by atoms with E-state index in [9.17, 15) is 0 Å². The summed E-state index contributed by atoms with van der Waals surface area (Å²) >= 11 is 0. The third-order valence-electron chi connectivity index (χ3n) is 3.87. The van der Waals surface area contributed by atoms with Gasteiger partial charge in [-0.1, -0.05) is 38.5 Å². The summed E-state index contributed by atoms with van der Waals surface area (Å²) in [7, 11) is 2.17. The summed E-state index contributed by atoms with van der Waals surface area (Å²) < 4.78 is 0. The van der Waals surface area contributed by atoms with Gasteiger partial charge in [0, 0.05) is 31.9 Å². The highest BCUT2D eigenvalue weighted by Gasteiger charge is 2.14. The van der Waals surface area contributed by atoms with Crippen molar-refractivity contribution in [1.29, 1.82) is 0 Å². The second-order valence-corrected chi connectivity index (χ2v) is 5.84. The molecule has 1 saturated heterocycles. The maximum Gasteiger partial charge on any atom is 0.128 e. The molecule has 1 aromatic heterocycles. The second-order valence-electron chi connectivity index (χ2n) is 5.84. The number of likely N-dealkylation sites (N-methyl/N-ethyl adjacent to an activating group) is 1. The molecule has 2 rings (SSSR count). The first-order valence-corrected chi connectivity index (χ1v) is 8.06. The van der Waals surface area contributed by atoms with E-state index < -0.39 is 0 Å². The topological polar surface area (TPSA) is 19.4 Å². The fourth-order valence-electron chi connectivity index (χ4n) is 2.20. The standard InChI is InChI=1S/C11H17N3.C7H14/c1-10-4-3-5-11(12-10)14-8-6-13(2)7-9-14;1-4-6-7(3)5-2/h3-5H,6-9H2,1-2H3;4,6-7H,5H2,1-3H3/b;6-4+. The predicted molar refractivity (Wildman–Crippen MR) is 93.0 cm³/mol. The molecule has 1 aliphatic rings. The van der Waals surface area contributed by atoms with Crippen molar-refractivity contribution in [2.75, 3.05) is 38.1 Å². The summed E-state index contributed by atoms with van der Waals surface area (Å²) in [5.41, 5.74) is 1.10. The van der Waals surface area contributed by atoms with Crippen LogP contribution in [-0.4, -0.2) is 43.1 Å². The highest BCUT2D eigenvalue weighted by molar-refractivity contribution is 5.39. The zero-order valence-corrected chi connectivity index (χ0v) is 14.3. The zero-order chi connectivity index (χ0) is 15.7. The molecule has 3 nitrogen and oxygen atoms in total. The fourth-order valence-corrected chi connectivity index (χ4v) is 2.20. The smallest absolute Gasteiger partial charge is 0.128 e. The number of rotatable bonds is 3. The van der Waals surface area contributed by atoms with E-state index in [0.717, 1.165) is 43.6 Å². The van der Waals surface area contributed by atoms with Crippen molar-refractivity contribution >= 4 is 5.82 Å². The van der Waals surface area contributed by atoms with Gasteiger partial charge in [0.2, 0.25) is 0 Å². The van der Waals surface area contributed by atoms with Gasteiger partial charge in [-0.3, -0.25) is 0 Å². The quantitative estimate of drug-likeness (QED) is 0.790. The second kappa shape index (κ2) is 9.56. The molecule has 3 heteroatoms. The Labute approximate surface area is 130 Å². The van der Waals surface area contributed by atoms with Crippen LogP contribution in [0.2, 0.25) is 0 Å². The van der Waals surface area contributed by atoms with E-state index in [2.05, 4.69) is 66.9 Å². The molecule has 118 valence electrons. The molecule has 0 aliphatic carbocycles. The molecule has 0 N–H and O–H groups in total. The number of nitrogens with zero attached hydrogens (tertiary/aromatic N) is 3. The largest absolute Gasteiger partial charge is 0.354 e. The molecule has 0 saturated carbocycles. The van der Waals surface area contributed by atoms with Crippen molar-refractivity contribution < 1.29 is 0 Å². The number of allylic oxidation sites excluding steroid dienone is 2. The number of aryl methyl sites for hydroxylation is 1. The van der Waals surface area contributed by atoms with Gasteiger partial charge in [0.15, 0.2) is 0 Å². The molecule has 1 fully saturated rings. The SMILES string of the molecule is C/C=C/C(C)CC.Cc1cccc(N2CCN(C)CC2)n1. The first kappa shape index (κ1) is 17.7. The molecule has 0 spiro atoms. The first-order valence-electron chi connectivity index (χ1n) is 8.06. The van der Waals surface area contributed by atoms with Crippen molar-refractivity contribution in [2.24, 2.45) is 5.92 Å². The van der Waals surface area contributed by atoms with Crippen molar-refractivity contribution in [3.8, 4) is 0 Å². The van der Waals surface area contributed by atoms with Crippen LogP contribution in [0.15, 0.2) is 30.4 Å². The van der Waals surface area contributed by atoms with E-state index in [1.807, 2.05) is 13.0 Å². The lowest BCUT2D eigenvalue weighted by Crippen LogP contribution is -2.44. The molecule has 1 aromatic rings. The van der Waals surface area contributed by atoms with E-state index in [1.54, 1.807) is 0 Å². The average Bonchev–Trinajstić information content (AvgIpc) is 2.49. The van der Waals surface area contributed by atoms with E-state index >= 15 is 0 Å². The number of hydrogen-bond acceptors (Lipinski definition) is 3. The van der Waals surface area contributed by atoms with Crippen molar-refractivity contribution in [2.45, 2.75) is 34.1 Å². The van der Waals surface area contributed by atoms with Crippen LogP contribution in [0, 0.1) is 12.8 Å². The van der Waals surface area contributed by atoms with E-state index in [-0.39, 0.29) is 0 Å². The van der Waals surface area contributed by atoms with Crippen LogP contribution < -0.4 is 4.90 Å². The molecule has 1 unspecified atom stereocenters. The van der Waals surface area contributed by atoms with E-state index in [4.69, 9.17) is 0 Å². The lowest BCUT2D eigenvalue weighted by atomic mass is 10.1. The van der Waals surface area contributed by atoms with Gasteiger partial charge in [-0.25, -0.2) is 4.98 Å². The van der Waals surface area contributed by atoms with Crippen LogP contribution in [-0.2, 0) is 0 Å². The molecule has 0 bridgehead atoms. The minimum absolute atomic E-state index is 0.769. The normalized spacial score (nSPS) is 17.5. The number of piperazine rings is 1. The Balaban J connectivity index is 0.000000270. The van der Waals surface area contributed by atoms with Gasteiger partial charge in [0.1, 0.15) is 5.82 Å².